The first-order chi connectivity index (χ1) is 16.2. The lowest BCUT2D eigenvalue weighted by Gasteiger charge is -2.26. The minimum atomic E-state index is -3.66. The van der Waals surface area contributed by atoms with Crippen molar-refractivity contribution < 1.29 is 27.5 Å². The Morgan fingerprint density at radius 2 is 1.56 bits per heavy atom. The lowest BCUT2D eigenvalue weighted by atomic mass is 10.2. The van der Waals surface area contributed by atoms with Crippen molar-refractivity contribution in [3.8, 4) is 11.5 Å². The Bertz CT molecular complexity index is 1150. The molecule has 1 aliphatic rings. The fourth-order valence-corrected chi connectivity index (χ4v) is 5.24. The summed E-state index contributed by atoms with van der Waals surface area (Å²) < 4.78 is 38.1. The number of hydrogen-bond acceptors (Lipinski definition) is 7. The van der Waals surface area contributed by atoms with Crippen molar-refractivity contribution >= 4 is 38.9 Å². The molecule has 1 heterocycles. The zero-order valence-electron chi connectivity index (χ0n) is 19.5. The molecule has 2 aromatic rings. The number of nitrogens with one attached hydrogen (secondary N) is 3. The molecule has 1 saturated heterocycles. The Hall–Kier alpha value is -3.31. The predicted octanol–water partition coefficient (Wildman–Crippen LogP) is 2.89. The molecule has 184 valence electrons. The fraction of sp³-hybridized carbons (Fsp3) is 0.391. The minimum Gasteiger partial charge on any atom is -0.495 e. The van der Waals surface area contributed by atoms with Crippen LogP contribution in [0.1, 0.15) is 26.2 Å². The van der Waals surface area contributed by atoms with Crippen molar-refractivity contribution in [2.45, 2.75) is 31.1 Å². The first kappa shape index (κ1) is 25.3. The fourth-order valence-electron chi connectivity index (χ4n) is 3.70. The third-order valence-electron chi connectivity index (χ3n) is 5.36. The normalized spacial score (nSPS) is 14.2. The van der Waals surface area contributed by atoms with Crippen LogP contribution < -0.4 is 25.4 Å². The molecule has 3 rings (SSSR count). The molecule has 1 fully saturated rings. The standard InChI is InChI=1S/C23H30N4O6S/c1-16(28)25-17-7-9-21(32-2)19(13-17)24-15-23(29)26-20-14-18(8-10-22(20)33-3)34(30,31)27-11-5-4-6-12-27/h7-10,13-14,24H,4-6,11-12,15H2,1-3H3,(H,25,28)(H,26,29). The summed E-state index contributed by atoms with van der Waals surface area (Å²) in [5.41, 5.74) is 1.32. The van der Waals surface area contributed by atoms with E-state index in [1.165, 1.54) is 43.6 Å². The second-order valence-corrected chi connectivity index (χ2v) is 9.76. The van der Waals surface area contributed by atoms with Crippen molar-refractivity contribution in [2.24, 2.45) is 0 Å². The second kappa shape index (κ2) is 11.2. The van der Waals surface area contributed by atoms with Crippen molar-refractivity contribution in [2.75, 3.05) is 49.8 Å². The van der Waals surface area contributed by atoms with Gasteiger partial charge in [0.1, 0.15) is 11.5 Å². The van der Waals surface area contributed by atoms with Gasteiger partial charge in [0.15, 0.2) is 0 Å². The SMILES string of the molecule is COc1ccc(NC(C)=O)cc1NCC(=O)Nc1cc(S(=O)(=O)N2CCCCC2)ccc1OC. The summed E-state index contributed by atoms with van der Waals surface area (Å²) in [5.74, 6) is 0.198. The van der Waals surface area contributed by atoms with Gasteiger partial charge in [-0.05, 0) is 49.2 Å². The summed E-state index contributed by atoms with van der Waals surface area (Å²) in [6.07, 6.45) is 2.68. The summed E-state index contributed by atoms with van der Waals surface area (Å²) in [7, 11) is -0.722. The van der Waals surface area contributed by atoms with Gasteiger partial charge in [-0.3, -0.25) is 9.59 Å². The molecule has 0 saturated carbocycles. The average Bonchev–Trinajstić information content (AvgIpc) is 2.83. The van der Waals surface area contributed by atoms with E-state index in [-0.39, 0.29) is 23.0 Å². The third-order valence-corrected chi connectivity index (χ3v) is 7.25. The molecule has 1 aliphatic heterocycles. The Labute approximate surface area is 199 Å². The van der Waals surface area contributed by atoms with E-state index in [9.17, 15) is 18.0 Å². The van der Waals surface area contributed by atoms with Crippen LogP contribution in [0.4, 0.5) is 17.1 Å². The van der Waals surface area contributed by atoms with E-state index in [0.717, 1.165) is 19.3 Å². The summed E-state index contributed by atoms with van der Waals surface area (Å²) >= 11 is 0. The Morgan fingerprint density at radius 3 is 2.21 bits per heavy atom. The number of methoxy groups -OCH3 is 2. The second-order valence-electron chi connectivity index (χ2n) is 7.82. The lowest BCUT2D eigenvalue weighted by Crippen LogP contribution is -2.35. The zero-order chi connectivity index (χ0) is 24.7. The molecule has 0 aromatic heterocycles. The molecule has 0 bridgehead atoms. The Balaban J connectivity index is 1.74. The van der Waals surface area contributed by atoms with E-state index in [1.54, 1.807) is 18.2 Å². The number of piperidine rings is 1. The van der Waals surface area contributed by atoms with E-state index in [1.807, 2.05) is 0 Å². The Morgan fingerprint density at radius 1 is 0.912 bits per heavy atom. The smallest absolute Gasteiger partial charge is 0.243 e. The topological polar surface area (TPSA) is 126 Å². The van der Waals surface area contributed by atoms with E-state index < -0.39 is 15.9 Å². The first-order valence-corrected chi connectivity index (χ1v) is 12.4. The molecule has 0 unspecified atom stereocenters. The third kappa shape index (κ3) is 6.17. The van der Waals surface area contributed by atoms with Gasteiger partial charge in [0.2, 0.25) is 21.8 Å². The highest BCUT2D eigenvalue weighted by Crippen LogP contribution is 2.31. The van der Waals surface area contributed by atoms with Gasteiger partial charge in [-0.1, -0.05) is 6.42 Å². The van der Waals surface area contributed by atoms with Crippen LogP contribution in [0.5, 0.6) is 11.5 Å². The summed E-state index contributed by atoms with van der Waals surface area (Å²) in [6, 6.07) is 9.43. The first-order valence-electron chi connectivity index (χ1n) is 10.9. The van der Waals surface area contributed by atoms with Crippen LogP contribution in [-0.4, -0.2) is 58.4 Å². The molecule has 0 radical (unpaired) electrons. The molecule has 2 amide bonds. The van der Waals surface area contributed by atoms with Crippen LogP contribution in [0.25, 0.3) is 0 Å². The molecule has 34 heavy (non-hydrogen) atoms. The van der Waals surface area contributed by atoms with Gasteiger partial charge in [-0.15, -0.1) is 0 Å². The number of amides is 2. The van der Waals surface area contributed by atoms with Crippen molar-refractivity contribution in [1.29, 1.82) is 0 Å². The molecule has 10 nitrogen and oxygen atoms in total. The highest BCUT2D eigenvalue weighted by molar-refractivity contribution is 7.89. The van der Waals surface area contributed by atoms with Crippen LogP contribution in [0.2, 0.25) is 0 Å². The number of carbonyl (C=O) groups is 2. The van der Waals surface area contributed by atoms with Gasteiger partial charge in [-0.2, -0.15) is 4.31 Å². The number of anilines is 3. The predicted molar refractivity (Wildman–Crippen MR) is 130 cm³/mol. The molecule has 11 heteroatoms. The highest BCUT2D eigenvalue weighted by atomic mass is 32.2. The maximum absolute atomic E-state index is 13.0. The molecule has 0 aliphatic carbocycles. The van der Waals surface area contributed by atoms with Crippen LogP contribution in [0.15, 0.2) is 41.3 Å². The Kier molecular flexibility index (Phi) is 8.35. The number of benzene rings is 2. The molecule has 2 aromatic carbocycles. The summed E-state index contributed by atoms with van der Waals surface area (Å²) in [5, 5.41) is 8.36. The van der Waals surface area contributed by atoms with Crippen molar-refractivity contribution in [3.05, 3.63) is 36.4 Å². The maximum Gasteiger partial charge on any atom is 0.243 e. The van der Waals surface area contributed by atoms with Crippen molar-refractivity contribution in [3.63, 3.8) is 0 Å². The zero-order valence-corrected chi connectivity index (χ0v) is 20.3. The van der Waals surface area contributed by atoms with Gasteiger partial charge >= 0.3 is 0 Å². The number of sulfonamides is 1. The van der Waals surface area contributed by atoms with Gasteiger partial charge in [0.05, 0.1) is 37.0 Å². The maximum atomic E-state index is 13.0. The average molecular weight is 491 g/mol. The van der Waals surface area contributed by atoms with Crippen molar-refractivity contribution in [1.82, 2.24) is 4.31 Å². The number of hydrogen-bond donors (Lipinski definition) is 3. The van der Waals surface area contributed by atoms with Crippen LogP contribution >= 0.6 is 0 Å². The molecule has 0 atom stereocenters. The summed E-state index contributed by atoms with van der Waals surface area (Å²) in [6.45, 7) is 2.24. The quantitative estimate of drug-likeness (QED) is 0.493. The van der Waals surface area contributed by atoms with E-state index >= 15 is 0 Å². The van der Waals surface area contributed by atoms with E-state index in [0.29, 0.717) is 36.0 Å². The monoisotopic (exact) mass is 490 g/mol. The van der Waals surface area contributed by atoms with E-state index in [4.69, 9.17) is 9.47 Å². The summed E-state index contributed by atoms with van der Waals surface area (Å²) in [4.78, 5) is 24.1. The van der Waals surface area contributed by atoms with Gasteiger partial charge in [0, 0.05) is 25.7 Å². The van der Waals surface area contributed by atoms with E-state index in [2.05, 4.69) is 16.0 Å². The number of nitrogens with zero attached hydrogens (tertiary/aromatic N) is 1. The van der Waals surface area contributed by atoms with Crippen LogP contribution in [0, 0.1) is 0 Å². The van der Waals surface area contributed by atoms with Crippen LogP contribution in [0.3, 0.4) is 0 Å². The minimum absolute atomic E-state index is 0.100. The molecular formula is C23H30N4O6S. The molecule has 0 spiro atoms. The van der Waals surface area contributed by atoms with Gasteiger partial charge in [-0.25, -0.2) is 8.42 Å². The van der Waals surface area contributed by atoms with Gasteiger partial charge in [0.25, 0.3) is 0 Å². The molecular weight excluding hydrogens is 460 g/mol. The highest BCUT2D eigenvalue weighted by Gasteiger charge is 2.27. The van der Waals surface area contributed by atoms with Gasteiger partial charge < -0.3 is 25.4 Å². The lowest BCUT2D eigenvalue weighted by molar-refractivity contribution is -0.115. The molecule has 3 N–H and O–H groups in total. The largest absolute Gasteiger partial charge is 0.495 e. The number of carbonyl (C=O) groups excluding carboxylic acids is 2. The number of rotatable bonds is 9. The van der Waals surface area contributed by atoms with Crippen LogP contribution in [-0.2, 0) is 19.6 Å². The number of ether oxygens (including phenoxy) is 2.